The van der Waals surface area contributed by atoms with E-state index in [4.69, 9.17) is 9.47 Å². The maximum atomic E-state index is 12.1. The van der Waals surface area contributed by atoms with Gasteiger partial charge in [-0.2, -0.15) is 0 Å². The van der Waals surface area contributed by atoms with E-state index in [-0.39, 0.29) is 12.4 Å². The summed E-state index contributed by atoms with van der Waals surface area (Å²) in [4.78, 5) is 16.2. The fraction of sp³-hybridized carbons (Fsp3) is 0.333. The third-order valence-electron chi connectivity index (χ3n) is 4.16. The molecule has 1 aromatic heterocycles. The normalized spacial score (nSPS) is 15.0. The van der Waals surface area contributed by atoms with E-state index in [2.05, 4.69) is 15.6 Å². The van der Waals surface area contributed by atoms with Gasteiger partial charge in [-0.05, 0) is 55.7 Å². The number of methoxy groups -OCH3 is 1. The molecular weight excluding hydrogens is 322 g/mol. The third kappa shape index (κ3) is 4.39. The number of urea groups is 1. The molecule has 1 aliphatic carbocycles. The lowest BCUT2D eigenvalue weighted by molar-refractivity contribution is -0.0287. The zero-order valence-electron chi connectivity index (χ0n) is 14.0. The molecule has 0 radical (unpaired) electrons. The van der Waals surface area contributed by atoms with Gasteiger partial charge in [-0.25, -0.2) is 9.78 Å². The highest BCUT2D eigenvalue weighted by atomic mass is 16.5. The number of pyridine rings is 1. The van der Waals surface area contributed by atoms with Crippen LogP contribution < -0.4 is 20.1 Å². The number of aromatic nitrogens is 1. The number of amides is 2. The Bertz CT molecular complexity index is 729. The molecule has 0 bridgehead atoms. The quantitative estimate of drug-likeness (QED) is 0.750. The maximum Gasteiger partial charge on any atom is 0.319 e. The van der Waals surface area contributed by atoms with Crippen LogP contribution in [-0.4, -0.2) is 35.4 Å². The molecule has 1 aliphatic rings. The van der Waals surface area contributed by atoms with Gasteiger partial charge in [0.2, 0.25) is 5.88 Å². The highest BCUT2D eigenvalue weighted by molar-refractivity contribution is 5.90. The van der Waals surface area contributed by atoms with E-state index in [9.17, 15) is 9.90 Å². The molecule has 7 heteroatoms. The van der Waals surface area contributed by atoms with Gasteiger partial charge in [0, 0.05) is 12.7 Å². The second-order valence-electron chi connectivity index (χ2n) is 6.02. The van der Waals surface area contributed by atoms with Crippen LogP contribution in [0.1, 0.15) is 19.3 Å². The third-order valence-corrected chi connectivity index (χ3v) is 4.16. The van der Waals surface area contributed by atoms with Gasteiger partial charge in [0.25, 0.3) is 0 Å². The van der Waals surface area contributed by atoms with Crippen LogP contribution in [0.2, 0.25) is 0 Å². The van der Waals surface area contributed by atoms with Crippen molar-refractivity contribution in [2.45, 2.75) is 24.9 Å². The average Bonchev–Trinajstić information content (AvgIpc) is 2.60. The summed E-state index contributed by atoms with van der Waals surface area (Å²) in [6.07, 6.45) is 4.00. The summed E-state index contributed by atoms with van der Waals surface area (Å²) in [5.74, 6) is 1.58. The molecule has 7 nitrogen and oxygen atoms in total. The van der Waals surface area contributed by atoms with Crippen LogP contribution in [0.4, 0.5) is 10.5 Å². The number of nitrogens with one attached hydrogen (secondary N) is 2. The molecular formula is C18H21N3O4. The average molecular weight is 343 g/mol. The number of benzene rings is 1. The predicted molar refractivity (Wildman–Crippen MR) is 93.1 cm³/mol. The van der Waals surface area contributed by atoms with Crippen LogP contribution in [0.15, 0.2) is 42.6 Å². The number of hydrogen-bond donors (Lipinski definition) is 3. The molecule has 0 aliphatic heterocycles. The second kappa shape index (κ2) is 7.40. The molecule has 0 saturated heterocycles. The first-order chi connectivity index (χ1) is 12.1. The van der Waals surface area contributed by atoms with E-state index >= 15 is 0 Å². The molecule has 1 heterocycles. The molecule has 132 valence electrons. The number of carbonyl (C=O) groups excluding carboxylic acids is 1. The monoisotopic (exact) mass is 343 g/mol. The van der Waals surface area contributed by atoms with Crippen LogP contribution in [0, 0.1) is 0 Å². The molecule has 1 aromatic carbocycles. The largest absolute Gasteiger partial charge is 0.497 e. The summed E-state index contributed by atoms with van der Waals surface area (Å²) in [7, 11) is 1.59. The van der Waals surface area contributed by atoms with Crippen LogP contribution in [0.3, 0.4) is 0 Å². The summed E-state index contributed by atoms with van der Waals surface area (Å²) >= 11 is 0. The van der Waals surface area contributed by atoms with E-state index in [1.54, 1.807) is 49.7 Å². The van der Waals surface area contributed by atoms with Gasteiger partial charge < -0.3 is 25.2 Å². The minimum absolute atomic E-state index is 0.230. The Morgan fingerprint density at radius 2 is 1.96 bits per heavy atom. The minimum Gasteiger partial charge on any atom is -0.497 e. The first-order valence-corrected chi connectivity index (χ1v) is 8.12. The van der Waals surface area contributed by atoms with Crippen LogP contribution in [-0.2, 0) is 0 Å². The fourth-order valence-corrected chi connectivity index (χ4v) is 2.50. The number of anilines is 1. The topological polar surface area (TPSA) is 92.7 Å². The Labute approximate surface area is 146 Å². The van der Waals surface area contributed by atoms with Gasteiger partial charge in [-0.1, -0.05) is 0 Å². The predicted octanol–water partition coefficient (Wildman–Crippen LogP) is 2.92. The Balaban J connectivity index is 1.62. The Hall–Kier alpha value is -2.80. The number of ether oxygens (including phenoxy) is 2. The number of hydrogen-bond acceptors (Lipinski definition) is 5. The van der Waals surface area contributed by atoms with Crippen molar-refractivity contribution in [2.75, 3.05) is 19.0 Å². The molecule has 2 aromatic rings. The Kier molecular flexibility index (Phi) is 5.04. The molecule has 3 rings (SSSR count). The molecule has 2 amide bonds. The highest BCUT2D eigenvalue weighted by Crippen LogP contribution is 2.31. The van der Waals surface area contributed by atoms with E-state index in [1.807, 2.05) is 0 Å². The minimum atomic E-state index is -0.769. The first-order valence-electron chi connectivity index (χ1n) is 8.12. The van der Waals surface area contributed by atoms with Crippen molar-refractivity contribution in [3.8, 4) is 17.4 Å². The van der Waals surface area contributed by atoms with E-state index in [0.29, 0.717) is 24.3 Å². The summed E-state index contributed by atoms with van der Waals surface area (Å²) in [5.41, 5.74) is -0.328. The van der Waals surface area contributed by atoms with E-state index in [1.165, 1.54) is 0 Å². The summed E-state index contributed by atoms with van der Waals surface area (Å²) < 4.78 is 10.8. The molecule has 1 fully saturated rings. The lowest BCUT2D eigenvalue weighted by atomic mass is 9.80. The van der Waals surface area contributed by atoms with Crippen molar-refractivity contribution >= 4 is 11.7 Å². The molecule has 0 unspecified atom stereocenters. The lowest BCUT2D eigenvalue weighted by Crippen LogP contribution is -2.48. The second-order valence-corrected chi connectivity index (χ2v) is 6.02. The lowest BCUT2D eigenvalue weighted by Gasteiger charge is -2.36. The van der Waals surface area contributed by atoms with Crippen LogP contribution in [0.5, 0.6) is 17.4 Å². The molecule has 0 atom stereocenters. The zero-order chi connectivity index (χ0) is 17.7. The molecule has 25 heavy (non-hydrogen) atoms. The Morgan fingerprint density at radius 3 is 2.60 bits per heavy atom. The number of aliphatic hydroxyl groups is 1. The van der Waals surface area contributed by atoms with Gasteiger partial charge in [0.05, 0.1) is 12.7 Å². The molecule has 1 saturated carbocycles. The van der Waals surface area contributed by atoms with Gasteiger partial charge in [-0.15, -0.1) is 0 Å². The first kappa shape index (κ1) is 17.0. The van der Waals surface area contributed by atoms with Gasteiger partial charge in [0.1, 0.15) is 17.2 Å². The number of nitrogens with zero attached hydrogens (tertiary/aromatic N) is 1. The van der Waals surface area contributed by atoms with Crippen molar-refractivity contribution in [2.24, 2.45) is 0 Å². The highest BCUT2D eigenvalue weighted by Gasteiger charge is 2.34. The smallest absolute Gasteiger partial charge is 0.319 e. The summed E-state index contributed by atoms with van der Waals surface area (Å²) in [6.45, 7) is 0.230. The zero-order valence-corrected chi connectivity index (χ0v) is 14.0. The summed E-state index contributed by atoms with van der Waals surface area (Å²) in [6, 6.07) is 10.1. The number of rotatable bonds is 6. The summed E-state index contributed by atoms with van der Waals surface area (Å²) in [5, 5.41) is 15.4. The molecule has 0 spiro atoms. The fourth-order valence-electron chi connectivity index (χ4n) is 2.50. The molecule has 3 N–H and O–H groups in total. The van der Waals surface area contributed by atoms with Crippen molar-refractivity contribution in [3.05, 3.63) is 42.6 Å². The van der Waals surface area contributed by atoms with Crippen LogP contribution >= 0.6 is 0 Å². The maximum absolute atomic E-state index is 12.1. The van der Waals surface area contributed by atoms with Crippen LogP contribution in [0.25, 0.3) is 0 Å². The Morgan fingerprint density at radius 1 is 1.24 bits per heavy atom. The number of carbonyl (C=O) groups is 1. The van der Waals surface area contributed by atoms with E-state index < -0.39 is 11.6 Å². The van der Waals surface area contributed by atoms with Crippen molar-refractivity contribution in [3.63, 3.8) is 0 Å². The van der Waals surface area contributed by atoms with Crippen molar-refractivity contribution in [1.82, 2.24) is 10.3 Å². The van der Waals surface area contributed by atoms with Gasteiger partial charge in [0.15, 0.2) is 0 Å². The van der Waals surface area contributed by atoms with Crippen molar-refractivity contribution in [1.29, 1.82) is 0 Å². The van der Waals surface area contributed by atoms with E-state index in [0.717, 1.165) is 12.2 Å². The van der Waals surface area contributed by atoms with Crippen molar-refractivity contribution < 1.29 is 19.4 Å². The standard InChI is InChI=1S/C18H21N3O4/c1-24-13-5-7-14(8-6-13)25-16-15(4-2-11-19-16)21-17(22)20-12-18(23)9-3-10-18/h2,4-8,11,23H,3,9-10,12H2,1H3,(H2,20,21,22). The SMILES string of the molecule is COc1ccc(Oc2ncccc2NC(=O)NCC2(O)CCC2)cc1. The van der Waals surface area contributed by atoms with Gasteiger partial charge in [-0.3, -0.25) is 0 Å². The van der Waals surface area contributed by atoms with Gasteiger partial charge >= 0.3 is 6.03 Å².